The number of esters is 1. The van der Waals surface area contributed by atoms with Crippen LogP contribution in [-0.4, -0.2) is 36.4 Å². The van der Waals surface area contributed by atoms with Gasteiger partial charge in [0.25, 0.3) is 0 Å². The lowest BCUT2D eigenvalue weighted by molar-refractivity contribution is -0.162. The standard InChI is InChI=1S/C25H30I2O4/c1-2-20(30)31-22-17-11-16(17)21-23(22,12-28)7-6-19-24(26)8-5-15(29)9-14(24)10-18(13-3-4-13)25(19,21)27/h2,9,13,16-19,21-22,28H,1,3-8,10-12H2. The summed E-state index contributed by atoms with van der Waals surface area (Å²) in [4.78, 5) is 24.5. The molecule has 168 valence electrons. The Morgan fingerprint density at radius 3 is 2.71 bits per heavy atom. The highest BCUT2D eigenvalue weighted by molar-refractivity contribution is 14.1. The van der Waals surface area contributed by atoms with Gasteiger partial charge < -0.3 is 9.84 Å². The molecule has 0 bridgehead atoms. The van der Waals surface area contributed by atoms with Crippen molar-refractivity contribution in [2.75, 3.05) is 6.61 Å². The lowest BCUT2D eigenvalue weighted by Gasteiger charge is -2.65. The Kier molecular flexibility index (Phi) is 4.89. The van der Waals surface area contributed by atoms with E-state index in [1.54, 1.807) is 0 Å². The van der Waals surface area contributed by atoms with Gasteiger partial charge in [-0.05, 0) is 80.6 Å². The number of aliphatic hydroxyl groups is 1. The highest BCUT2D eigenvalue weighted by Gasteiger charge is 2.79. The van der Waals surface area contributed by atoms with Crippen molar-refractivity contribution in [3.8, 4) is 0 Å². The molecule has 0 radical (unpaired) electrons. The average molecular weight is 648 g/mol. The van der Waals surface area contributed by atoms with Crippen molar-refractivity contribution in [2.45, 2.75) is 64.3 Å². The van der Waals surface area contributed by atoms with Gasteiger partial charge in [0.2, 0.25) is 0 Å². The molecule has 6 rings (SSSR count). The number of aliphatic hydroxyl groups excluding tert-OH is 1. The Hall–Kier alpha value is 0.0400. The van der Waals surface area contributed by atoms with E-state index in [9.17, 15) is 14.7 Å². The van der Waals surface area contributed by atoms with E-state index in [0.29, 0.717) is 41.8 Å². The zero-order valence-electron chi connectivity index (χ0n) is 17.7. The summed E-state index contributed by atoms with van der Waals surface area (Å²) in [5, 5.41) is 10.8. The van der Waals surface area contributed by atoms with Crippen molar-refractivity contribution >= 4 is 56.9 Å². The van der Waals surface area contributed by atoms with Crippen molar-refractivity contribution in [2.24, 2.45) is 40.9 Å². The number of rotatable bonds is 4. The molecule has 9 unspecified atom stereocenters. The minimum absolute atomic E-state index is 0.0557. The van der Waals surface area contributed by atoms with Crippen LogP contribution in [0.25, 0.3) is 0 Å². The molecule has 0 aliphatic heterocycles. The Labute approximate surface area is 211 Å². The highest BCUT2D eigenvalue weighted by atomic mass is 127. The zero-order chi connectivity index (χ0) is 21.8. The number of fused-ring (bicyclic) bond motifs is 7. The van der Waals surface area contributed by atoms with E-state index in [-0.39, 0.29) is 30.9 Å². The average Bonchev–Trinajstić information content (AvgIpc) is 3.67. The summed E-state index contributed by atoms with van der Waals surface area (Å²) >= 11 is 5.56. The molecule has 5 fully saturated rings. The van der Waals surface area contributed by atoms with Crippen LogP contribution in [0.3, 0.4) is 0 Å². The third-order valence-electron chi connectivity index (χ3n) is 9.86. The molecule has 0 spiro atoms. The van der Waals surface area contributed by atoms with Gasteiger partial charge in [0.15, 0.2) is 5.78 Å². The lowest BCUT2D eigenvalue weighted by Crippen LogP contribution is -2.67. The summed E-state index contributed by atoms with van der Waals surface area (Å²) < 4.78 is 6.13. The number of ketones is 1. The van der Waals surface area contributed by atoms with Crippen LogP contribution in [0.2, 0.25) is 0 Å². The van der Waals surface area contributed by atoms with Gasteiger partial charge in [-0.15, -0.1) is 0 Å². The van der Waals surface area contributed by atoms with E-state index in [1.165, 1.54) is 24.5 Å². The normalized spacial score (nSPS) is 52.2. The number of ether oxygens (including phenoxy) is 1. The molecule has 0 amide bonds. The number of hydrogen-bond acceptors (Lipinski definition) is 4. The number of alkyl halides is 2. The van der Waals surface area contributed by atoms with Gasteiger partial charge in [-0.25, -0.2) is 4.79 Å². The van der Waals surface area contributed by atoms with Gasteiger partial charge >= 0.3 is 5.97 Å². The lowest BCUT2D eigenvalue weighted by atomic mass is 9.47. The van der Waals surface area contributed by atoms with Crippen LogP contribution in [0.15, 0.2) is 24.3 Å². The van der Waals surface area contributed by atoms with E-state index in [0.717, 1.165) is 38.0 Å². The monoisotopic (exact) mass is 648 g/mol. The second-order valence-electron chi connectivity index (χ2n) is 11.1. The molecular formula is C25H30I2O4. The minimum Gasteiger partial charge on any atom is -0.458 e. The Morgan fingerprint density at radius 1 is 1.26 bits per heavy atom. The molecule has 0 heterocycles. The fraction of sp³-hybridized carbons (Fsp3) is 0.760. The van der Waals surface area contributed by atoms with Gasteiger partial charge in [0.1, 0.15) is 6.10 Å². The van der Waals surface area contributed by atoms with Crippen LogP contribution in [0, 0.1) is 40.9 Å². The summed E-state index contributed by atoms with van der Waals surface area (Å²) in [6.45, 7) is 3.70. The Bertz CT molecular complexity index is 896. The van der Waals surface area contributed by atoms with Gasteiger partial charge in [-0.1, -0.05) is 57.3 Å². The summed E-state index contributed by atoms with van der Waals surface area (Å²) in [6, 6.07) is 0. The van der Waals surface area contributed by atoms with Crippen LogP contribution >= 0.6 is 45.2 Å². The summed E-state index contributed by atoms with van der Waals surface area (Å²) in [5.41, 5.74) is 1.07. The molecule has 1 N–H and O–H groups in total. The second kappa shape index (κ2) is 7.03. The Morgan fingerprint density at radius 2 is 2.03 bits per heavy atom. The molecule has 6 heteroatoms. The third kappa shape index (κ3) is 2.79. The van der Waals surface area contributed by atoms with Crippen molar-refractivity contribution in [1.82, 2.24) is 0 Å². The van der Waals surface area contributed by atoms with E-state index in [1.807, 2.05) is 6.08 Å². The predicted molar refractivity (Wildman–Crippen MR) is 134 cm³/mol. The summed E-state index contributed by atoms with van der Waals surface area (Å²) in [6.07, 6.45) is 11.4. The maximum atomic E-state index is 12.3. The third-order valence-corrected chi connectivity index (χ3v) is 14.1. The molecule has 6 aliphatic rings. The number of carbonyl (C=O) groups is 2. The molecule has 0 aromatic rings. The Balaban J connectivity index is 1.47. The van der Waals surface area contributed by atoms with Crippen molar-refractivity contribution in [3.63, 3.8) is 0 Å². The van der Waals surface area contributed by atoms with Crippen LogP contribution < -0.4 is 0 Å². The molecule has 0 saturated heterocycles. The number of hydrogen-bond donors (Lipinski definition) is 1. The van der Waals surface area contributed by atoms with E-state index in [4.69, 9.17) is 4.74 Å². The molecule has 5 saturated carbocycles. The largest absolute Gasteiger partial charge is 0.458 e. The first-order valence-corrected chi connectivity index (χ1v) is 14.0. The highest BCUT2D eigenvalue weighted by Crippen LogP contribution is 2.79. The van der Waals surface area contributed by atoms with Crippen LogP contribution in [0.4, 0.5) is 0 Å². The quantitative estimate of drug-likeness (QED) is 0.206. The molecule has 0 aromatic heterocycles. The second-order valence-corrected chi connectivity index (χ2v) is 14.9. The van der Waals surface area contributed by atoms with Gasteiger partial charge in [-0.2, -0.15) is 0 Å². The first kappa shape index (κ1) is 21.6. The van der Waals surface area contributed by atoms with E-state index in [2.05, 4.69) is 51.8 Å². The molecule has 9 atom stereocenters. The first-order chi connectivity index (χ1) is 14.8. The van der Waals surface area contributed by atoms with Crippen molar-refractivity contribution in [3.05, 3.63) is 24.3 Å². The number of carbonyl (C=O) groups excluding carboxylic acids is 2. The maximum absolute atomic E-state index is 12.3. The SMILES string of the molecule is C=CC(=O)OC1C2CC2C2C1(CO)CCC1C3(I)CCC(=O)C=C3CC(C3CC3)C12I. The van der Waals surface area contributed by atoms with Crippen LogP contribution in [0.5, 0.6) is 0 Å². The van der Waals surface area contributed by atoms with E-state index < -0.39 is 0 Å². The molecule has 0 aromatic carbocycles. The summed E-state index contributed by atoms with van der Waals surface area (Å²) in [5.74, 6) is 3.08. The minimum atomic E-state index is -0.350. The zero-order valence-corrected chi connectivity index (χ0v) is 22.0. The fourth-order valence-electron chi connectivity index (χ4n) is 8.53. The maximum Gasteiger partial charge on any atom is 0.330 e. The fourth-order valence-corrected chi connectivity index (χ4v) is 13.2. The topological polar surface area (TPSA) is 63.6 Å². The number of allylic oxidation sites excluding steroid dienone is 1. The van der Waals surface area contributed by atoms with Gasteiger partial charge in [0, 0.05) is 30.7 Å². The van der Waals surface area contributed by atoms with Crippen molar-refractivity contribution < 1.29 is 19.4 Å². The van der Waals surface area contributed by atoms with Crippen molar-refractivity contribution in [1.29, 1.82) is 0 Å². The molecule has 4 nitrogen and oxygen atoms in total. The molecule has 6 aliphatic carbocycles. The number of halogens is 2. The van der Waals surface area contributed by atoms with Gasteiger partial charge in [-0.3, -0.25) is 4.79 Å². The first-order valence-electron chi connectivity index (χ1n) is 11.8. The molecular weight excluding hydrogens is 618 g/mol. The molecule has 31 heavy (non-hydrogen) atoms. The van der Waals surface area contributed by atoms with Crippen LogP contribution in [0.1, 0.15) is 51.4 Å². The van der Waals surface area contributed by atoms with E-state index >= 15 is 0 Å². The smallest absolute Gasteiger partial charge is 0.330 e. The predicted octanol–water partition coefficient (Wildman–Crippen LogP) is 4.81. The van der Waals surface area contributed by atoms with Gasteiger partial charge in [0.05, 0.1) is 6.61 Å². The van der Waals surface area contributed by atoms with Crippen LogP contribution in [-0.2, 0) is 14.3 Å². The summed E-state index contributed by atoms with van der Waals surface area (Å²) in [7, 11) is 0.